The number of hydrogen-bond donors (Lipinski definition) is 1. The molecule has 0 aromatic heterocycles. The van der Waals surface area contributed by atoms with E-state index in [1.165, 1.54) is 0 Å². The molecule has 2 amide bonds. The van der Waals surface area contributed by atoms with Crippen LogP contribution in [0.5, 0.6) is 5.75 Å². The van der Waals surface area contributed by atoms with E-state index in [0.29, 0.717) is 48.5 Å². The Morgan fingerprint density at radius 3 is 2.34 bits per heavy atom. The van der Waals surface area contributed by atoms with E-state index in [0.717, 1.165) is 0 Å². The molecule has 1 aliphatic heterocycles. The molecule has 0 radical (unpaired) electrons. The summed E-state index contributed by atoms with van der Waals surface area (Å²) in [7, 11) is 0. The van der Waals surface area contributed by atoms with Crippen LogP contribution in [0.4, 0.5) is 10.5 Å². The molecule has 0 bridgehead atoms. The number of carbonyl (C=O) groups is 3. The highest BCUT2D eigenvalue weighted by molar-refractivity contribution is 5.93. The molecule has 2 aromatic carbocycles. The zero-order valence-corrected chi connectivity index (χ0v) is 20.1. The van der Waals surface area contributed by atoms with E-state index in [1.807, 2.05) is 26.8 Å². The normalized spacial score (nSPS) is 13.9. The molecule has 1 N–H and O–H groups in total. The smallest absolute Gasteiger partial charge is 0.410 e. The standard InChI is InChI=1S/C26H29N3O6/c1-26(2,3)35-25(32)29-14-12-21(13-15-29)34-24(31)18-8-10-20(11-9-18)28-23(30)17-33-22-7-5-4-6-19(22)16-27/h4-11,21H,12-15,17H2,1-3H3,(H,28,30). The van der Waals surface area contributed by atoms with E-state index in [9.17, 15) is 14.4 Å². The van der Waals surface area contributed by atoms with Crippen molar-refractivity contribution in [3.63, 3.8) is 0 Å². The summed E-state index contributed by atoms with van der Waals surface area (Å²) in [4.78, 5) is 38.5. The van der Waals surface area contributed by atoms with E-state index < -0.39 is 17.5 Å². The predicted molar refractivity (Wildman–Crippen MR) is 128 cm³/mol. The Kier molecular flexibility index (Phi) is 8.31. The van der Waals surface area contributed by atoms with Gasteiger partial charge in [-0.2, -0.15) is 5.26 Å². The Morgan fingerprint density at radius 2 is 1.71 bits per heavy atom. The van der Waals surface area contributed by atoms with Crippen molar-refractivity contribution in [2.24, 2.45) is 0 Å². The monoisotopic (exact) mass is 479 g/mol. The SMILES string of the molecule is CC(C)(C)OC(=O)N1CCC(OC(=O)c2ccc(NC(=O)COc3ccccc3C#N)cc2)CC1. The van der Waals surface area contributed by atoms with Crippen LogP contribution in [0.2, 0.25) is 0 Å². The maximum absolute atomic E-state index is 12.5. The molecule has 0 atom stereocenters. The van der Waals surface area contributed by atoms with Gasteiger partial charge in [-0.3, -0.25) is 4.79 Å². The topological polar surface area (TPSA) is 118 Å². The first kappa shape index (κ1) is 25.6. The van der Waals surface area contributed by atoms with Crippen molar-refractivity contribution >= 4 is 23.7 Å². The van der Waals surface area contributed by atoms with Crippen LogP contribution in [-0.2, 0) is 14.3 Å². The van der Waals surface area contributed by atoms with Crippen molar-refractivity contribution in [2.75, 3.05) is 25.0 Å². The first-order valence-electron chi connectivity index (χ1n) is 11.4. The van der Waals surface area contributed by atoms with Crippen LogP contribution in [-0.4, -0.2) is 54.3 Å². The summed E-state index contributed by atoms with van der Waals surface area (Å²) in [6.45, 7) is 6.11. The first-order valence-corrected chi connectivity index (χ1v) is 11.4. The van der Waals surface area contributed by atoms with Crippen molar-refractivity contribution in [2.45, 2.75) is 45.3 Å². The highest BCUT2D eigenvalue weighted by atomic mass is 16.6. The molecular weight excluding hydrogens is 450 g/mol. The fourth-order valence-corrected chi connectivity index (χ4v) is 3.42. The number of esters is 1. The van der Waals surface area contributed by atoms with E-state index in [4.69, 9.17) is 19.5 Å². The minimum Gasteiger partial charge on any atom is -0.482 e. The lowest BCUT2D eigenvalue weighted by atomic mass is 10.1. The molecule has 3 rings (SSSR count). The van der Waals surface area contributed by atoms with Crippen molar-refractivity contribution in [1.82, 2.24) is 4.90 Å². The van der Waals surface area contributed by atoms with E-state index in [1.54, 1.807) is 53.4 Å². The predicted octanol–water partition coefficient (Wildman–Crippen LogP) is 4.13. The van der Waals surface area contributed by atoms with Crippen LogP contribution in [0, 0.1) is 11.3 Å². The van der Waals surface area contributed by atoms with Crippen molar-refractivity contribution in [3.05, 3.63) is 59.7 Å². The molecule has 1 fully saturated rings. The zero-order valence-electron chi connectivity index (χ0n) is 20.1. The van der Waals surface area contributed by atoms with Gasteiger partial charge in [-0.1, -0.05) is 12.1 Å². The largest absolute Gasteiger partial charge is 0.482 e. The summed E-state index contributed by atoms with van der Waals surface area (Å²) in [6.07, 6.45) is 0.427. The number of amides is 2. The Balaban J connectivity index is 1.44. The number of nitrogens with one attached hydrogen (secondary N) is 1. The van der Waals surface area contributed by atoms with Crippen LogP contribution in [0.3, 0.4) is 0 Å². The molecule has 2 aromatic rings. The molecule has 9 nitrogen and oxygen atoms in total. The maximum Gasteiger partial charge on any atom is 0.410 e. The van der Waals surface area contributed by atoms with Crippen molar-refractivity contribution in [1.29, 1.82) is 5.26 Å². The molecule has 1 saturated heterocycles. The number of nitrogens with zero attached hydrogens (tertiary/aromatic N) is 2. The molecule has 35 heavy (non-hydrogen) atoms. The molecule has 0 unspecified atom stereocenters. The summed E-state index contributed by atoms with van der Waals surface area (Å²) in [6, 6.07) is 15.0. The fraction of sp³-hybridized carbons (Fsp3) is 0.385. The van der Waals surface area contributed by atoms with Gasteiger partial charge in [0.05, 0.1) is 11.1 Å². The van der Waals surface area contributed by atoms with E-state index >= 15 is 0 Å². The molecule has 0 aliphatic carbocycles. The summed E-state index contributed by atoms with van der Waals surface area (Å²) in [5, 5.41) is 11.8. The van der Waals surface area contributed by atoms with E-state index in [2.05, 4.69) is 5.32 Å². The highest BCUT2D eigenvalue weighted by Crippen LogP contribution is 2.20. The lowest BCUT2D eigenvalue weighted by molar-refractivity contribution is -0.118. The molecule has 0 saturated carbocycles. The number of nitriles is 1. The van der Waals surface area contributed by atoms with Crippen LogP contribution < -0.4 is 10.1 Å². The summed E-state index contributed by atoms with van der Waals surface area (Å²) >= 11 is 0. The van der Waals surface area contributed by atoms with Crippen LogP contribution in [0.25, 0.3) is 0 Å². The number of likely N-dealkylation sites (tertiary alicyclic amines) is 1. The lowest BCUT2D eigenvalue weighted by Crippen LogP contribution is -2.43. The fourth-order valence-electron chi connectivity index (χ4n) is 3.42. The zero-order chi connectivity index (χ0) is 25.4. The lowest BCUT2D eigenvalue weighted by Gasteiger charge is -2.33. The Hall–Kier alpha value is -4.06. The maximum atomic E-state index is 12.5. The second kappa shape index (κ2) is 11.4. The first-order chi connectivity index (χ1) is 16.6. The number of benzene rings is 2. The Bertz CT molecular complexity index is 1090. The van der Waals surface area contributed by atoms with Gasteiger partial charge in [0.2, 0.25) is 0 Å². The number of para-hydroxylation sites is 1. The average molecular weight is 480 g/mol. The summed E-state index contributed by atoms with van der Waals surface area (Å²) < 4.78 is 16.4. The third-order valence-electron chi connectivity index (χ3n) is 5.14. The third-order valence-corrected chi connectivity index (χ3v) is 5.14. The second-order valence-corrected chi connectivity index (χ2v) is 9.09. The number of rotatable bonds is 6. The quantitative estimate of drug-likeness (QED) is 0.619. The van der Waals surface area contributed by atoms with Crippen molar-refractivity contribution < 1.29 is 28.6 Å². The van der Waals surface area contributed by atoms with Gasteiger partial charge in [0.1, 0.15) is 23.5 Å². The second-order valence-electron chi connectivity index (χ2n) is 9.09. The van der Waals surface area contributed by atoms with E-state index in [-0.39, 0.29) is 18.8 Å². The van der Waals surface area contributed by atoms with Gasteiger partial charge in [0, 0.05) is 31.6 Å². The molecule has 184 valence electrons. The van der Waals surface area contributed by atoms with Crippen LogP contribution in [0.15, 0.2) is 48.5 Å². The van der Waals surface area contributed by atoms with Gasteiger partial charge >= 0.3 is 12.1 Å². The van der Waals surface area contributed by atoms with Crippen LogP contribution in [0.1, 0.15) is 49.5 Å². The van der Waals surface area contributed by atoms with Gasteiger partial charge in [-0.25, -0.2) is 9.59 Å². The number of hydrogen-bond acceptors (Lipinski definition) is 7. The Morgan fingerprint density at radius 1 is 1.06 bits per heavy atom. The number of piperidine rings is 1. The molecule has 1 aliphatic rings. The Labute approximate surface area is 204 Å². The minimum absolute atomic E-state index is 0.259. The van der Waals surface area contributed by atoms with Gasteiger partial charge < -0.3 is 24.4 Å². The molecular formula is C26H29N3O6. The molecule has 1 heterocycles. The van der Waals surface area contributed by atoms with Gasteiger partial charge in [0.25, 0.3) is 5.91 Å². The number of carbonyl (C=O) groups excluding carboxylic acids is 3. The van der Waals surface area contributed by atoms with Gasteiger partial charge in [0.15, 0.2) is 6.61 Å². The van der Waals surface area contributed by atoms with Gasteiger partial charge in [-0.15, -0.1) is 0 Å². The highest BCUT2D eigenvalue weighted by Gasteiger charge is 2.28. The molecule has 9 heteroatoms. The minimum atomic E-state index is -0.554. The van der Waals surface area contributed by atoms with Crippen LogP contribution >= 0.6 is 0 Å². The van der Waals surface area contributed by atoms with Gasteiger partial charge in [-0.05, 0) is 57.2 Å². The summed E-state index contributed by atoms with van der Waals surface area (Å²) in [5.74, 6) is -0.528. The summed E-state index contributed by atoms with van der Waals surface area (Å²) in [5.41, 5.74) is 0.645. The third kappa shape index (κ3) is 7.74. The number of ether oxygens (including phenoxy) is 3. The average Bonchev–Trinajstić information content (AvgIpc) is 2.82. The van der Waals surface area contributed by atoms with Crippen molar-refractivity contribution in [3.8, 4) is 11.8 Å². The molecule has 0 spiro atoms. The number of anilines is 1.